The second kappa shape index (κ2) is 9.18. The Morgan fingerprint density at radius 2 is 1.85 bits per heavy atom. The number of aromatic nitrogens is 1. The number of alkyl halides is 3. The number of ether oxygens (including phenoxy) is 2. The average molecular weight is 468 g/mol. The summed E-state index contributed by atoms with van der Waals surface area (Å²) in [5, 5.41) is 21.4. The number of carboxylic acids is 1. The van der Waals surface area contributed by atoms with Gasteiger partial charge in [0.1, 0.15) is 12.3 Å². The van der Waals surface area contributed by atoms with Gasteiger partial charge in [-0.3, -0.25) is 9.59 Å². The van der Waals surface area contributed by atoms with Crippen LogP contribution in [-0.4, -0.2) is 40.2 Å². The molecule has 0 unspecified atom stereocenters. The molecule has 0 aliphatic heterocycles. The van der Waals surface area contributed by atoms with Gasteiger partial charge in [-0.25, -0.2) is 9.37 Å². The molecule has 1 aromatic heterocycles. The number of fused-ring (bicyclic) bond motifs is 1. The van der Waals surface area contributed by atoms with Gasteiger partial charge in [-0.15, -0.1) is 0 Å². The summed E-state index contributed by atoms with van der Waals surface area (Å²) in [6.45, 7) is 0.997. The molecule has 2 aromatic carbocycles. The predicted molar refractivity (Wildman–Crippen MR) is 106 cm³/mol. The fraction of sp³-hybridized carbons (Fsp3) is 0.190. The van der Waals surface area contributed by atoms with Crippen LogP contribution in [0.2, 0.25) is 0 Å². The van der Waals surface area contributed by atoms with Gasteiger partial charge in [-0.1, -0.05) is 0 Å². The molecule has 1 heterocycles. The van der Waals surface area contributed by atoms with E-state index in [4.69, 9.17) is 14.6 Å². The molecule has 8 nitrogen and oxygen atoms in total. The summed E-state index contributed by atoms with van der Waals surface area (Å²) in [6, 6.07) is 5.45. The summed E-state index contributed by atoms with van der Waals surface area (Å²) < 4.78 is 63.5. The van der Waals surface area contributed by atoms with E-state index in [0.717, 1.165) is 0 Å². The summed E-state index contributed by atoms with van der Waals surface area (Å²) in [7, 11) is 0. The highest BCUT2D eigenvalue weighted by Gasteiger charge is 2.31. The maximum atomic E-state index is 14.0. The quantitative estimate of drug-likeness (QED) is 0.447. The smallest absolute Gasteiger partial charge is 0.416 e. The van der Waals surface area contributed by atoms with E-state index in [2.05, 4.69) is 10.3 Å². The number of aromatic hydroxyl groups is 1. The lowest BCUT2D eigenvalue weighted by molar-refractivity contribution is -0.138. The van der Waals surface area contributed by atoms with Crippen molar-refractivity contribution in [2.45, 2.75) is 13.1 Å². The molecule has 12 heteroatoms. The lowest BCUT2D eigenvalue weighted by Gasteiger charge is -2.14. The van der Waals surface area contributed by atoms with E-state index in [1.165, 1.54) is 18.2 Å². The second-order valence-electron chi connectivity index (χ2n) is 6.58. The van der Waals surface area contributed by atoms with Gasteiger partial charge in [0.25, 0.3) is 5.91 Å². The van der Waals surface area contributed by atoms with Crippen molar-refractivity contribution in [2.24, 2.45) is 0 Å². The summed E-state index contributed by atoms with van der Waals surface area (Å²) in [5.41, 5.74) is -1.60. The van der Waals surface area contributed by atoms with Gasteiger partial charge in [0.05, 0.1) is 17.6 Å². The first-order valence-electron chi connectivity index (χ1n) is 9.35. The van der Waals surface area contributed by atoms with Crippen molar-refractivity contribution in [1.29, 1.82) is 0 Å². The zero-order chi connectivity index (χ0) is 24.3. The number of carboxylic acid groups (broad SMARTS) is 1. The second-order valence-corrected chi connectivity index (χ2v) is 6.58. The van der Waals surface area contributed by atoms with Crippen molar-refractivity contribution in [2.75, 3.05) is 13.2 Å². The molecule has 3 rings (SSSR count). The van der Waals surface area contributed by atoms with Crippen molar-refractivity contribution >= 4 is 22.6 Å². The molecular formula is C21H16F4N2O6. The van der Waals surface area contributed by atoms with Crippen LogP contribution in [0.1, 0.15) is 23.0 Å². The van der Waals surface area contributed by atoms with Crippen molar-refractivity contribution in [3.05, 3.63) is 53.5 Å². The Bertz CT molecular complexity index is 1230. The Morgan fingerprint density at radius 3 is 2.48 bits per heavy atom. The van der Waals surface area contributed by atoms with E-state index in [1.54, 1.807) is 6.92 Å². The Hall–Kier alpha value is -4.09. The number of carbonyl (C=O) groups excluding carboxylic acids is 1. The summed E-state index contributed by atoms with van der Waals surface area (Å²) in [6.07, 6.45) is -4.70. The van der Waals surface area contributed by atoms with Crippen LogP contribution in [0, 0.1) is 5.82 Å². The Kier molecular flexibility index (Phi) is 6.56. The van der Waals surface area contributed by atoms with Crippen LogP contribution in [0.25, 0.3) is 10.8 Å². The fourth-order valence-electron chi connectivity index (χ4n) is 2.84. The van der Waals surface area contributed by atoms with E-state index in [0.29, 0.717) is 18.2 Å². The highest BCUT2D eigenvalue weighted by molar-refractivity contribution is 6.04. The molecule has 3 aromatic rings. The zero-order valence-corrected chi connectivity index (χ0v) is 16.9. The molecule has 0 aliphatic rings. The number of rotatable bonds is 7. The third-order valence-corrected chi connectivity index (χ3v) is 4.30. The highest BCUT2D eigenvalue weighted by atomic mass is 19.4. The van der Waals surface area contributed by atoms with Crippen LogP contribution in [0.5, 0.6) is 23.1 Å². The lowest BCUT2D eigenvalue weighted by Crippen LogP contribution is -2.30. The Balaban J connectivity index is 2.04. The normalized spacial score (nSPS) is 11.3. The minimum absolute atomic E-state index is 0.0609. The number of benzene rings is 2. The van der Waals surface area contributed by atoms with Gasteiger partial charge in [0.2, 0.25) is 5.88 Å². The van der Waals surface area contributed by atoms with Crippen molar-refractivity contribution in [3.63, 3.8) is 0 Å². The number of nitrogens with zero attached hydrogens (tertiary/aromatic N) is 1. The monoisotopic (exact) mass is 468 g/mol. The van der Waals surface area contributed by atoms with Crippen molar-refractivity contribution in [1.82, 2.24) is 10.3 Å². The van der Waals surface area contributed by atoms with Crippen LogP contribution in [0.4, 0.5) is 17.6 Å². The first kappa shape index (κ1) is 23.6. The molecule has 0 saturated heterocycles. The lowest BCUT2D eigenvalue weighted by atomic mass is 10.1. The number of hydrogen-bond donors (Lipinski definition) is 3. The number of nitrogens with one attached hydrogen (secondary N) is 1. The molecule has 0 radical (unpaired) electrons. The molecule has 0 aliphatic carbocycles. The van der Waals surface area contributed by atoms with E-state index >= 15 is 0 Å². The number of halogens is 4. The van der Waals surface area contributed by atoms with Gasteiger partial charge in [-0.05, 0) is 43.3 Å². The minimum Gasteiger partial charge on any atom is -0.505 e. The number of amides is 1. The molecule has 174 valence electrons. The largest absolute Gasteiger partial charge is 0.505 e. The van der Waals surface area contributed by atoms with Gasteiger partial charge < -0.3 is 25.0 Å². The minimum atomic E-state index is -4.70. The maximum absolute atomic E-state index is 14.0. The third-order valence-electron chi connectivity index (χ3n) is 4.30. The molecule has 33 heavy (non-hydrogen) atoms. The van der Waals surface area contributed by atoms with E-state index < -0.39 is 53.2 Å². The molecule has 0 atom stereocenters. The third kappa shape index (κ3) is 5.22. The van der Waals surface area contributed by atoms with Crippen molar-refractivity contribution in [3.8, 4) is 23.1 Å². The van der Waals surface area contributed by atoms with E-state index in [9.17, 15) is 32.3 Å². The molecule has 0 fully saturated rings. The topological polar surface area (TPSA) is 118 Å². The van der Waals surface area contributed by atoms with Gasteiger partial charge >= 0.3 is 12.1 Å². The summed E-state index contributed by atoms with van der Waals surface area (Å²) in [5.74, 6) is -4.80. The molecule has 0 saturated carbocycles. The van der Waals surface area contributed by atoms with Gasteiger partial charge in [-0.2, -0.15) is 13.2 Å². The van der Waals surface area contributed by atoms with E-state index in [1.807, 2.05) is 0 Å². The fourth-order valence-corrected chi connectivity index (χ4v) is 2.84. The Labute approximate surface area is 183 Å². The Morgan fingerprint density at radius 1 is 1.12 bits per heavy atom. The van der Waals surface area contributed by atoms with Gasteiger partial charge in [0.15, 0.2) is 23.0 Å². The number of carbonyl (C=O) groups is 2. The van der Waals surface area contributed by atoms with Crippen LogP contribution < -0.4 is 14.8 Å². The molecule has 1 amide bonds. The van der Waals surface area contributed by atoms with Crippen molar-refractivity contribution < 1.29 is 46.8 Å². The van der Waals surface area contributed by atoms with Crippen LogP contribution in [-0.2, 0) is 11.0 Å². The van der Waals surface area contributed by atoms with Crippen LogP contribution in [0.15, 0.2) is 36.4 Å². The molecule has 0 spiro atoms. The number of aliphatic carboxylic acids is 1. The highest BCUT2D eigenvalue weighted by Crippen LogP contribution is 2.38. The van der Waals surface area contributed by atoms with Gasteiger partial charge in [0, 0.05) is 5.39 Å². The van der Waals surface area contributed by atoms with Crippen LogP contribution in [0.3, 0.4) is 0 Å². The average Bonchev–Trinajstić information content (AvgIpc) is 2.74. The molecule has 0 bridgehead atoms. The zero-order valence-electron chi connectivity index (χ0n) is 16.9. The standard InChI is InChI=1S/C21H16F4N2O6/c1-2-32-20-13-8-11(33-15-7-10(21(23,24)25)3-6-14(15)22)4-5-12(13)18(30)17(27-20)19(31)26-9-16(28)29/h3-8,30H,2,9H2,1H3,(H,26,31)(H,28,29). The SMILES string of the molecule is CCOc1nc(C(=O)NCC(=O)O)c(O)c2ccc(Oc3cc(C(F)(F)F)ccc3F)cc12. The first-order chi connectivity index (χ1) is 15.5. The summed E-state index contributed by atoms with van der Waals surface area (Å²) in [4.78, 5) is 26.8. The molecule has 3 N–H and O–H groups in total. The predicted octanol–water partition coefficient (Wildman–Crippen LogP) is 4.10. The molecular weight excluding hydrogens is 452 g/mol. The maximum Gasteiger partial charge on any atom is 0.416 e. The number of hydrogen-bond acceptors (Lipinski definition) is 6. The number of pyridine rings is 1. The first-order valence-corrected chi connectivity index (χ1v) is 9.35. The van der Waals surface area contributed by atoms with Crippen LogP contribution >= 0.6 is 0 Å². The summed E-state index contributed by atoms with van der Waals surface area (Å²) >= 11 is 0. The van der Waals surface area contributed by atoms with E-state index in [-0.39, 0.29) is 29.0 Å².